The van der Waals surface area contributed by atoms with E-state index in [0.717, 1.165) is 24.7 Å². The molecule has 0 aromatic heterocycles. The van der Waals surface area contributed by atoms with Crippen LogP contribution in [0.2, 0.25) is 0 Å². The van der Waals surface area contributed by atoms with E-state index in [9.17, 15) is 4.79 Å². The average molecular weight is 380 g/mol. The maximum atomic E-state index is 11.9. The molecular formula is C22H28N4O2. The Morgan fingerprint density at radius 3 is 2.54 bits per heavy atom. The second kappa shape index (κ2) is 10.3. The molecule has 0 atom stereocenters. The van der Waals surface area contributed by atoms with E-state index < -0.39 is 0 Å². The summed E-state index contributed by atoms with van der Waals surface area (Å²) < 4.78 is 5.68. The zero-order chi connectivity index (χ0) is 19.6. The van der Waals surface area contributed by atoms with Crippen molar-refractivity contribution in [3.63, 3.8) is 0 Å². The number of carbonyl (C=O) groups excluding carboxylic acids is 1. The Kier molecular flexibility index (Phi) is 7.29. The van der Waals surface area contributed by atoms with Crippen LogP contribution in [0.3, 0.4) is 0 Å². The second-order valence-electron chi connectivity index (χ2n) is 6.70. The highest BCUT2D eigenvalue weighted by atomic mass is 16.5. The first kappa shape index (κ1) is 19.7. The smallest absolute Gasteiger partial charge is 0.222 e. The van der Waals surface area contributed by atoms with Crippen LogP contribution in [0.25, 0.3) is 0 Å². The van der Waals surface area contributed by atoms with Crippen molar-refractivity contribution in [1.82, 2.24) is 15.5 Å². The summed E-state index contributed by atoms with van der Waals surface area (Å²) in [6.45, 7) is 3.38. The zero-order valence-corrected chi connectivity index (χ0v) is 16.4. The lowest BCUT2D eigenvalue weighted by Gasteiger charge is -2.19. The lowest BCUT2D eigenvalue weighted by atomic mass is 10.1. The number of likely N-dealkylation sites (tertiary alicyclic amines) is 1. The number of rotatable bonds is 8. The number of ether oxygens (including phenoxy) is 1. The molecule has 0 aliphatic carbocycles. The van der Waals surface area contributed by atoms with E-state index in [4.69, 9.17) is 4.74 Å². The molecule has 2 aromatic rings. The summed E-state index contributed by atoms with van der Waals surface area (Å²) in [5.74, 6) is 1.83. The lowest BCUT2D eigenvalue weighted by Crippen LogP contribution is -2.39. The number of nitrogens with zero attached hydrogens (tertiary/aromatic N) is 2. The number of hydrogen-bond donors (Lipinski definition) is 2. The molecule has 0 radical (unpaired) electrons. The summed E-state index contributed by atoms with van der Waals surface area (Å²) in [7, 11) is 1.75. The van der Waals surface area contributed by atoms with Gasteiger partial charge in [-0.05, 0) is 29.7 Å². The highest BCUT2D eigenvalue weighted by Gasteiger charge is 2.20. The van der Waals surface area contributed by atoms with Crippen molar-refractivity contribution >= 4 is 11.9 Å². The Morgan fingerprint density at radius 1 is 1.07 bits per heavy atom. The van der Waals surface area contributed by atoms with Crippen LogP contribution in [-0.2, 0) is 17.9 Å². The molecule has 1 amide bonds. The molecule has 1 aliphatic heterocycles. The van der Waals surface area contributed by atoms with Crippen LogP contribution < -0.4 is 15.4 Å². The number of amides is 1. The quantitative estimate of drug-likeness (QED) is 0.420. The standard InChI is InChI=1S/C22H28N4O2/c1-23-22(24-13-15-28-20-10-3-2-4-11-20)25-16-18-8-5-6-9-19(18)17-26-14-7-12-21(26)27/h2-6,8-11H,7,12-17H2,1H3,(H2,23,24,25). The molecule has 148 valence electrons. The summed E-state index contributed by atoms with van der Waals surface area (Å²) in [4.78, 5) is 18.1. The molecule has 1 aliphatic rings. The van der Waals surface area contributed by atoms with Gasteiger partial charge in [-0.3, -0.25) is 9.79 Å². The molecule has 2 aromatic carbocycles. The summed E-state index contributed by atoms with van der Waals surface area (Å²) in [6, 6.07) is 18.0. The Morgan fingerprint density at radius 2 is 1.82 bits per heavy atom. The lowest BCUT2D eigenvalue weighted by molar-refractivity contribution is -0.128. The van der Waals surface area contributed by atoms with Crippen LogP contribution in [0.4, 0.5) is 0 Å². The van der Waals surface area contributed by atoms with E-state index in [-0.39, 0.29) is 5.91 Å². The van der Waals surface area contributed by atoms with E-state index >= 15 is 0 Å². The van der Waals surface area contributed by atoms with Crippen molar-refractivity contribution in [2.75, 3.05) is 26.7 Å². The third-order valence-electron chi connectivity index (χ3n) is 4.73. The first-order valence-corrected chi connectivity index (χ1v) is 9.73. The van der Waals surface area contributed by atoms with Crippen LogP contribution in [0.5, 0.6) is 5.75 Å². The van der Waals surface area contributed by atoms with Crippen molar-refractivity contribution in [3.8, 4) is 5.75 Å². The fraction of sp³-hybridized carbons (Fsp3) is 0.364. The third kappa shape index (κ3) is 5.74. The van der Waals surface area contributed by atoms with E-state index in [1.165, 1.54) is 11.1 Å². The van der Waals surface area contributed by atoms with Gasteiger partial charge < -0.3 is 20.3 Å². The minimum atomic E-state index is 0.249. The molecule has 28 heavy (non-hydrogen) atoms. The van der Waals surface area contributed by atoms with Crippen molar-refractivity contribution in [1.29, 1.82) is 0 Å². The minimum absolute atomic E-state index is 0.249. The summed E-state index contributed by atoms with van der Waals surface area (Å²) >= 11 is 0. The third-order valence-corrected chi connectivity index (χ3v) is 4.73. The zero-order valence-electron chi connectivity index (χ0n) is 16.4. The van der Waals surface area contributed by atoms with E-state index in [1.807, 2.05) is 47.4 Å². The van der Waals surface area contributed by atoms with Gasteiger partial charge in [-0.25, -0.2) is 0 Å². The van der Waals surface area contributed by atoms with Gasteiger partial charge in [-0.15, -0.1) is 0 Å². The van der Waals surface area contributed by atoms with E-state index in [1.54, 1.807) is 7.05 Å². The van der Waals surface area contributed by atoms with Gasteiger partial charge in [0.1, 0.15) is 12.4 Å². The Bertz CT molecular complexity index is 792. The van der Waals surface area contributed by atoms with Crippen molar-refractivity contribution < 1.29 is 9.53 Å². The normalized spacial score (nSPS) is 14.2. The predicted molar refractivity (Wildman–Crippen MR) is 111 cm³/mol. The number of aliphatic imine (C=N–C) groups is 1. The van der Waals surface area contributed by atoms with Crippen molar-refractivity contribution in [2.45, 2.75) is 25.9 Å². The van der Waals surface area contributed by atoms with Gasteiger partial charge in [0.15, 0.2) is 5.96 Å². The Balaban J connectivity index is 1.46. The molecule has 1 fully saturated rings. The van der Waals surface area contributed by atoms with Crippen molar-refractivity contribution in [3.05, 3.63) is 65.7 Å². The molecule has 0 bridgehead atoms. The monoisotopic (exact) mass is 380 g/mol. The molecule has 6 heteroatoms. The molecule has 0 spiro atoms. The molecule has 6 nitrogen and oxygen atoms in total. The fourth-order valence-electron chi connectivity index (χ4n) is 3.22. The number of hydrogen-bond acceptors (Lipinski definition) is 3. The van der Waals surface area contributed by atoms with Crippen LogP contribution in [-0.4, -0.2) is 43.5 Å². The van der Waals surface area contributed by atoms with Gasteiger partial charge in [0.05, 0.1) is 6.54 Å². The molecule has 0 saturated carbocycles. The average Bonchev–Trinajstić information content (AvgIpc) is 3.14. The number of carbonyl (C=O) groups is 1. The van der Waals surface area contributed by atoms with Gasteiger partial charge >= 0.3 is 0 Å². The maximum absolute atomic E-state index is 11.9. The first-order valence-electron chi connectivity index (χ1n) is 9.73. The van der Waals surface area contributed by atoms with E-state index in [0.29, 0.717) is 32.7 Å². The van der Waals surface area contributed by atoms with Crippen LogP contribution in [0.1, 0.15) is 24.0 Å². The highest BCUT2D eigenvalue weighted by molar-refractivity contribution is 5.79. The minimum Gasteiger partial charge on any atom is -0.492 e. The van der Waals surface area contributed by atoms with Crippen LogP contribution in [0, 0.1) is 0 Å². The van der Waals surface area contributed by atoms with Gasteiger partial charge in [0.25, 0.3) is 0 Å². The molecule has 0 unspecified atom stereocenters. The van der Waals surface area contributed by atoms with Crippen LogP contribution >= 0.6 is 0 Å². The molecular weight excluding hydrogens is 352 g/mol. The van der Waals surface area contributed by atoms with E-state index in [2.05, 4.69) is 27.8 Å². The summed E-state index contributed by atoms with van der Waals surface area (Å²) in [5.41, 5.74) is 2.35. The number of nitrogens with one attached hydrogen (secondary N) is 2. The topological polar surface area (TPSA) is 66.0 Å². The maximum Gasteiger partial charge on any atom is 0.222 e. The summed E-state index contributed by atoms with van der Waals surface area (Å²) in [6.07, 6.45) is 1.63. The summed E-state index contributed by atoms with van der Waals surface area (Å²) in [5, 5.41) is 6.60. The molecule has 2 N–H and O–H groups in total. The molecule has 1 heterocycles. The molecule has 3 rings (SSSR count). The largest absolute Gasteiger partial charge is 0.492 e. The Labute approximate surface area is 166 Å². The van der Waals surface area contributed by atoms with Gasteiger partial charge in [0.2, 0.25) is 5.91 Å². The van der Waals surface area contributed by atoms with Crippen LogP contribution in [0.15, 0.2) is 59.6 Å². The number of para-hydroxylation sites is 1. The number of benzene rings is 2. The second-order valence-corrected chi connectivity index (χ2v) is 6.70. The predicted octanol–water partition coefficient (Wildman–Crippen LogP) is 2.55. The first-order chi connectivity index (χ1) is 13.8. The Hall–Kier alpha value is -3.02. The fourth-order valence-corrected chi connectivity index (χ4v) is 3.22. The van der Waals surface area contributed by atoms with Gasteiger partial charge in [-0.1, -0.05) is 42.5 Å². The molecule has 1 saturated heterocycles. The van der Waals surface area contributed by atoms with Gasteiger partial charge in [-0.2, -0.15) is 0 Å². The van der Waals surface area contributed by atoms with Gasteiger partial charge in [0, 0.05) is 33.1 Å². The number of guanidine groups is 1. The highest BCUT2D eigenvalue weighted by Crippen LogP contribution is 2.17. The SMILES string of the molecule is CN=C(NCCOc1ccccc1)NCc1ccccc1CN1CCCC1=O. The van der Waals surface area contributed by atoms with Crippen molar-refractivity contribution in [2.24, 2.45) is 4.99 Å².